The van der Waals surface area contributed by atoms with Gasteiger partial charge in [-0.2, -0.15) is 0 Å². The SMILES string of the molecule is CC(C)OCCN1C(=O)C(O)=C(C(=O)c2cc3cc(Br)ccc3o2)C1c1cccc(O)c1. The number of aliphatic hydroxyl groups is 1. The number of ether oxygens (including phenoxy) is 1. The molecule has 2 aromatic carbocycles. The number of hydrogen-bond donors (Lipinski definition) is 2. The Hall–Kier alpha value is -3.10. The van der Waals surface area contributed by atoms with E-state index in [1.54, 1.807) is 30.3 Å². The summed E-state index contributed by atoms with van der Waals surface area (Å²) in [6, 6.07) is 12.3. The Labute approximate surface area is 193 Å². The number of carbonyl (C=O) groups excluding carboxylic acids is 2. The molecule has 3 aromatic rings. The third-order valence-electron chi connectivity index (χ3n) is 5.22. The number of Topliss-reactive ketones (excluding diaryl/α,β-unsaturated/α-hetero) is 1. The third kappa shape index (κ3) is 4.16. The lowest BCUT2D eigenvalue weighted by Gasteiger charge is -2.27. The second kappa shape index (κ2) is 8.80. The number of carbonyl (C=O) groups is 2. The minimum atomic E-state index is -0.891. The van der Waals surface area contributed by atoms with Crippen molar-refractivity contribution in [1.82, 2.24) is 4.90 Å². The molecule has 32 heavy (non-hydrogen) atoms. The molecule has 1 aliphatic rings. The normalized spacial score (nSPS) is 16.6. The van der Waals surface area contributed by atoms with Crippen LogP contribution in [0.4, 0.5) is 0 Å². The Balaban J connectivity index is 1.76. The highest BCUT2D eigenvalue weighted by Gasteiger charge is 2.44. The van der Waals surface area contributed by atoms with E-state index in [1.165, 1.54) is 17.0 Å². The van der Waals surface area contributed by atoms with Crippen LogP contribution in [-0.4, -0.2) is 46.1 Å². The lowest BCUT2D eigenvalue weighted by Crippen LogP contribution is -2.34. The van der Waals surface area contributed by atoms with Crippen LogP contribution < -0.4 is 0 Å². The van der Waals surface area contributed by atoms with Crippen LogP contribution in [-0.2, 0) is 9.53 Å². The molecule has 4 rings (SSSR count). The molecule has 0 bridgehead atoms. The van der Waals surface area contributed by atoms with Gasteiger partial charge in [0.05, 0.1) is 24.3 Å². The average Bonchev–Trinajstić information content (AvgIpc) is 3.27. The molecule has 2 N–H and O–H groups in total. The van der Waals surface area contributed by atoms with Gasteiger partial charge in [0.1, 0.15) is 11.3 Å². The van der Waals surface area contributed by atoms with Gasteiger partial charge in [-0.3, -0.25) is 9.59 Å². The Bertz CT molecular complexity index is 1230. The van der Waals surface area contributed by atoms with E-state index in [-0.39, 0.29) is 36.3 Å². The number of amides is 1. The Morgan fingerprint density at radius 2 is 1.97 bits per heavy atom. The number of furan rings is 1. The van der Waals surface area contributed by atoms with Crippen molar-refractivity contribution in [1.29, 1.82) is 0 Å². The molecule has 0 spiro atoms. The molecular formula is C24H22BrNO6. The summed E-state index contributed by atoms with van der Waals surface area (Å²) in [5, 5.41) is 21.4. The first-order valence-corrected chi connectivity index (χ1v) is 10.9. The van der Waals surface area contributed by atoms with Crippen LogP contribution in [0.2, 0.25) is 0 Å². The summed E-state index contributed by atoms with van der Waals surface area (Å²) in [4.78, 5) is 27.8. The molecule has 0 aliphatic carbocycles. The van der Waals surface area contributed by atoms with Gasteiger partial charge in [-0.15, -0.1) is 0 Å². The predicted molar refractivity (Wildman–Crippen MR) is 122 cm³/mol. The summed E-state index contributed by atoms with van der Waals surface area (Å²) < 4.78 is 12.1. The number of ketones is 1. The van der Waals surface area contributed by atoms with Gasteiger partial charge in [0, 0.05) is 16.4 Å². The molecule has 2 heterocycles. The minimum Gasteiger partial charge on any atom is -0.508 e. The molecule has 1 atom stereocenters. The second-order valence-electron chi connectivity index (χ2n) is 7.80. The molecule has 1 aliphatic heterocycles. The topological polar surface area (TPSA) is 100 Å². The molecule has 0 fully saturated rings. The number of hydrogen-bond acceptors (Lipinski definition) is 6. The zero-order chi connectivity index (χ0) is 23.0. The molecule has 8 heteroatoms. The number of phenols is 1. The van der Waals surface area contributed by atoms with Crippen molar-refractivity contribution in [2.45, 2.75) is 26.0 Å². The molecule has 7 nitrogen and oxygen atoms in total. The first kappa shape index (κ1) is 22.1. The second-order valence-corrected chi connectivity index (χ2v) is 8.72. The predicted octanol–water partition coefficient (Wildman–Crippen LogP) is 4.90. The number of rotatable bonds is 7. The van der Waals surface area contributed by atoms with E-state index in [0.29, 0.717) is 16.5 Å². The van der Waals surface area contributed by atoms with Crippen molar-refractivity contribution in [3.63, 3.8) is 0 Å². The summed E-state index contributed by atoms with van der Waals surface area (Å²) in [6.07, 6.45) is -0.0375. The van der Waals surface area contributed by atoms with Crippen LogP contribution in [0.1, 0.15) is 36.0 Å². The van der Waals surface area contributed by atoms with Gasteiger partial charge in [0.15, 0.2) is 11.5 Å². The van der Waals surface area contributed by atoms with Crippen LogP contribution in [0.15, 0.2) is 68.8 Å². The summed E-state index contributed by atoms with van der Waals surface area (Å²) in [6.45, 7) is 4.14. The van der Waals surface area contributed by atoms with E-state index >= 15 is 0 Å². The van der Waals surface area contributed by atoms with E-state index in [4.69, 9.17) is 9.15 Å². The third-order valence-corrected chi connectivity index (χ3v) is 5.71. The van der Waals surface area contributed by atoms with Crippen molar-refractivity contribution in [2.75, 3.05) is 13.2 Å². The lowest BCUT2D eigenvalue weighted by molar-refractivity contribution is -0.130. The molecule has 0 radical (unpaired) electrons. The number of halogens is 1. The largest absolute Gasteiger partial charge is 0.508 e. The Morgan fingerprint density at radius 3 is 2.69 bits per heavy atom. The van der Waals surface area contributed by atoms with E-state index in [9.17, 15) is 19.8 Å². The maximum absolute atomic E-state index is 13.5. The van der Waals surface area contributed by atoms with Crippen LogP contribution in [0.5, 0.6) is 5.75 Å². The van der Waals surface area contributed by atoms with Crippen molar-refractivity contribution < 1.29 is 29.0 Å². The number of aliphatic hydroxyl groups excluding tert-OH is 1. The van der Waals surface area contributed by atoms with Gasteiger partial charge in [0.2, 0.25) is 5.78 Å². The lowest BCUT2D eigenvalue weighted by atomic mass is 9.95. The van der Waals surface area contributed by atoms with Crippen molar-refractivity contribution in [3.05, 3.63) is 75.7 Å². The van der Waals surface area contributed by atoms with Gasteiger partial charge < -0.3 is 24.3 Å². The van der Waals surface area contributed by atoms with Crippen LogP contribution in [0.25, 0.3) is 11.0 Å². The standard InChI is InChI=1S/C24H22BrNO6/c1-13(2)31-9-8-26-21(14-4-3-5-17(27)11-14)20(23(29)24(26)30)22(28)19-12-15-10-16(25)6-7-18(15)32-19/h3-7,10-13,21,27,29H,8-9H2,1-2H3. The Kier molecular flexibility index (Phi) is 6.08. The maximum Gasteiger partial charge on any atom is 0.290 e. The summed E-state index contributed by atoms with van der Waals surface area (Å²) in [7, 11) is 0. The van der Waals surface area contributed by atoms with Gasteiger partial charge in [-0.25, -0.2) is 0 Å². The summed E-state index contributed by atoms with van der Waals surface area (Å²) >= 11 is 3.39. The van der Waals surface area contributed by atoms with E-state index in [1.807, 2.05) is 19.9 Å². The van der Waals surface area contributed by atoms with Crippen molar-refractivity contribution in [3.8, 4) is 5.75 Å². The monoisotopic (exact) mass is 499 g/mol. The molecule has 1 unspecified atom stereocenters. The number of benzene rings is 2. The zero-order valence-electron chi connectivity index (χ0n) is 17.5. The summed E-state index contributed by atoms with van der Waals surface area (Å²) in [5.74, 6) is -1.90. The fraction of sp³-hybridized carbons (Fsp3) is 0.250. The molecule has 0 saturated heterocycles. The molecule has 1 aromatic heterocycles. The molecule has 0 saturated carbocycles. The first-order chi connectivity index (χ1) is 15.3. The van der Waals surface area contributed by atoms with Gasteiger partial charge >= 0.3 is 0 Å². The highest BCUT2D eigenvalue weighted by Crippen LogP contribution is 2.40. The zero-order valence-corrected chi connectivity index (χ0v) is 19.1. The van der Waals surface area contributed by atoms with Gasteiger partial charge in [0.25, 0.3) is 5.91 Å². The smallest absolute Gasteiger partial charge is 0.290 e. The number of nitrogens with zero attached hydrogens (tertiary/aromatic N) is 1. The van der Waals surface area contributed by atoms with Gasteiger partial charge in [-0.1, -0.05) is 28.1 Å². The quantitative estimate of drug-likeness (QED) is 0.448. The minimum absolute atomic E-state index is 0.0119. The highest BCUT2D eigenvalue weighted by atomic mass is 79.9. The van der Waals surface area contributed by atoms with Crippen molar-refractivity contribution in [2.24, 2.45) is 0 Å². The average molecular weight is 500 g/mol. The Morgan fingerprint density at radius 1 is 1.19 bits per heavy atom. The van der Waals surface area contributed by atoms with Gasteiger partial charge in [-0.05, 0) is 55.8 Å². The van der Waals surface area contributed by atoms with Crippen LogP contribution in [0, 0.1) is 0 Å². The molecule has 166 valence electrons. The highest BCUT2D eigenvalue weighted by molar-refractivity contribution is 9.10. The molecule has 1 amide bonds. The number of phenolic OH excluding ortho intramolecular Hbond substituents is 1. The van der Waals surface area contributed by atoms with E-state index in [0.717, 1.165) is 4.47 Å². The van der Waals surface area contributed by atoms with Crippen LogP contribution >= 0.6 is 15.9 Å². The van der Waals surface area contributed by atoms with E-state index in [2.05, 4.69) is 15.9 Å². The van der Waals surface area contributed by atoms with E-state index < -0.39 is 23.5 Å². The fourth-order valence-corrected chi connectivity index (χ4v) is 4.18. The first-order valence-electron chi connectivity index (χ1n) is 10.1. The number of fused-ring (bicyclic) bond motifs is 1. The fourth-order valence-electron chi connectivity index (χ4n) is 3.80. The maximum atomic E-state index is 13.5. The summed E-state index contributed by atoms with van der Waals surface area (Å²) in [5.41, 5.74) is 0.912. The molecular weight excluding hydrogens is 478 g/mol. The van der Waals surface area contributed by atoms with Crippen LogP contribution in [0.3, 0.4) is 0 Å². The number of aromatic hydroxyl groups is 1. The van der Waals surface area contributed by atoms with Crippen molar-refractivity contribution >= 4 is 38.6 Å².